The summed E-state index contributed by atoms with van der Waals surface area (Å²) in [7, 11) is 1.61. The maximum Gasteiger partial charge on any atom is 0.160 e. The third-order valence-electron chi connectivity index (χ3n) is 2.50. The smallest absolute Gasteiger partial charge is 0.160 e. The largest absolute Gasteiger partial charge is 0.382 e. The number of nitriles is 1. The van der Waals surface area contributed by atoms with Gasteiger partial charge in [-0.3, -0.25) is 0 Å². The molecule has 0 aliphatic rings. The van der Waals surface area contributed by atoms with Gasteiger partial charge in [-0.15, -0.1) is 0 Å². The molecule has 0 radical (unpaired) electrons. The Morgan fingerprint density at radius 1 is 1.35 bits per heavy atom. The first kappa shape index (κ1) is 13.4. The van der Waals surface area contributed by atoms with Gasteiger partial charge >= 0.3 is 0 Å². The van der Waals surface area contributed by atoms with E-state index in [9.17, 15) is 0 Å². The number of rotatable bonds is 2. The maximum absolute atomic E-state index is 8.90. The molecule has 0 saturated carbocycles. The Balaban J connectivity index is 3.30. The number of hydrogen-bond donors (Lipinski definition) is 1. The van der Waals surface area contributed by atoms with Crippen molar-refractivity contribution in [2.24, 2.45) is 5.41 Å². The molecule has 0 amide bonds. The quantitative estimate of drug-likeness (QED) is 0.845. The number of methoxy groups -OCH3 is 1. The lowest BCUT2D eigenvalue weighted by molar-refractivity contribution is 0.00865. The highest BCUT2D eigenvalue weighted by Gasteiger charge is 2.29. The highest BCUT2D eigenvalue weighted by atomic mass is 16.5. The summed E-state index contributed by atoms with van der Waals surface area (Å²) >= 11 is 0. The van der Waals surface area contributed by atoms with Crippen molar-refractivity contribution in [3.05, 3.63) is 17.1 Å². The summed E-state index contributed by atoms with van der Waals surface area (Å²) < 4.78 is 5.42. The minimum absolute atomic E-state index is 0.137. The predicted molar refractivity (Wildman–Crippen MR) is 65.1 cm³/mol. The van der Waals surface area contributed by atoms with Gasteiger partial charge in [0.1, 0.15) is 23.6 Å². The van der Waals surface area contributed by atoms with Crippen LogP contribution in [-0.2, 0) is 4.74 Å². The molecule has 1 aromatic rings. The molecular weight excluding hydrogens is 216 g/mol. The van der Waals surface area contributed by atoms with E-state index in [-0.39, 0.29) is 17.3 Å². The first-order valence-corrected chi connectivity index (χ1v) is 5.38. The Morgan fingerprint density at radius 2 is 1.94 bits per heavy atom. The summed E-state index contributed by atoms with van der Waals surface area (Å²) in [6, 6.07) is 2.00. The first-order valence-electron chi connectivity index (χ1n) is 5.38. The Labute approximate surface area is 102 Å². The monoisotopic (exact) mass is 234 g/mol. The molecule has 5 heteroatoms. The Morgan fingerprint density at radius 3 is 2.29 bits per heavy atom. The molecule has 1 atom stereocenters. The summed E-state index contributed by atoms with van der Waals surface area (Å²) in [6.45, 7) is 7.85. The summed E-state index contributed by atoms with van der Waals surface area (Å²) in [5, 5.41) is 8.90. The van der Waals surface area contributed by atoms with E-state index in [4.69, 9.17) is 15.7 Å². The number of ether oxygens (including phenoxy) is 1. The molecule has 17 heavy (non-hydrogen) atoms. The molecule has 1 rings (SSSR count). The third kappa shape index (κ3) is 2.71. The van der Waals surface area contributed by atoms with E-state index in [0.717, 1.165) is 0 Å². The summed E-state index contributed by atoms with van der Waals surface area (Å²) in [6.07, 6.45) is -0.253. The van der Waals surface area contributed by atoms with Gasteiger partial charge in [0, 0.05) is 7.11 Å². The van der Waals surface area contributed by atoms with E-state index in [2.05, 4.69) is 9.97 Å². The van der Waals surface area contributed by atoms with Gasteiger partial charge in [-0.05, 0) is 12.3 Å². The molecule has 0 spiro atoms. The zero-order valence-corrected chi connectivity index (χ0v) is 10.9. The van der Waals surface area contributed by atoms with Crippen LogP contribution >= 0.6 is 0 Å². The minimum atomic E-state index is -0.253. The van der Waals surface area contributed by atoms with Crippen LogP contribution in [0.5, 0.6) is 0 Å². The van der Waals surface area contributed by atoms with Gasteiger partial charge in [0.25, 0.3) is 0 Å². The molecule has 0 aliphatic heterocycles. The van der Waals surface area contributed by atoms with E-state index >= 15 is 0 Å². The van der Waals surface area contributed by atoms with Crippen LogP contribution in [0.25, 0.3) is 0 Å². The fourth-order valence-corrected chi connectivity index (χ4v) is 1.72. The molecule has 1 heterocycles. The highest BCUT2D eigenvalue weighted by Crippen LogP contribution is 2.34. The van der Waals surface area contributed by atoms with Gasteiger partial charge in [-0.2, -0.15) is 5.26 Å². The van der Waals surface area contributed by atoms with Gasteiger partial charge in [-0.25, -0.2) is 9.97 Å². The molecule has 0 bridgehead atoms. The molecule has 0 aromatic carbocycles. The molecule has 2 N–H and O–H groups in total. The lowest BCUT2D eigenvalue weighted by atomic mass is 9.88. The van der Waals surface area contributed by atoms with E-state index in [1.54, 1.807) is 14.0 Å². The Hall–Kier alpha value is -1.67. The summed E-state index contributed by atoms with van der Waals surface area (Å²) in [5.41, 5.74) is 6.52. The minimum Gasteiger partial charge on any atom is -0.382 e. The van der Waals surface area contributed by atoms with Crippen LogP contribution in [-0.4, -0.2) is 17.1 Å². The molecule has 92 valence electrons. The van der Waals surface area contributed by atoms with Gasteiger partial charge in [0.2, 0.25) is 0 Å². The number of nitrogens with zero attached hydrogens (tertiary/aromatic N) is 3. The van der Waals surface area contributed by atoms with Crippen LogP contribution in [0.2, 0.25) is 0 Å². The van der Waals surface area contributed by atoms with Gasteiger partial charge in [0.15, 0.2) is 5.82 Å². The molecule has 0 saturated heterocycles. The molecule has 0 aliphatic carbocycles. The second-order valence-electron chi connectivity index (χ2n) is 5.02. The van der Waals surface area contributed by atoms with Crippen molar-refractivity contribution in [1.29, 1.82) is 5.26 Å². The highest BCUT2D eigenvalue weighted by molar-refractivity contribution is 5.50. The van der Waals surface area contributed by atoms with Crippen LogP contribution in [0.1, 0.15) is 44.0 Å². The van der Waals surface area contributed by atoms with Crippen molar-refractivity contribution < 1.29 is 4.74 Å². The van der Waals surface area contributed by atoms with Crippen molar-refractivity contribution in [3.63, 3.8) is 0 Å². The van der Waals surface area contributed by atoms with E-state index in [1.807, 2.05) is 26.8 Å². The van der Waals surface area contributed by atoms with Crippen molar-refractivity contribution in [1.82, 2.24) is 9.97 Å². The fourth-order valence-electron chi connectivity index (χ4n) is 1.72. The third-order valence-corrected chi connectivity index (χ3v) is 2.50. The number of hydrogen-bond acceptors (Lipinski definition) is 5. The van der Waals surface area contributed by atoms with E-state index in [1.165, 1.54) is 0 Å². The number of nitrogen functional groups attached to an aromatic ring is 1. The topological polar surface area (TPSA) is 84.8 Å². The molecule has 5 nitrogen and oxygen atoms in total. The lowest BCUT2D eigenvalue weighted by Crippen LogP contribution is -2.23. The number of anilines is 1. The summed E-state index contributed by atoms with van der Waals surface area (Å²) in [4.78, 5) is 8.47. The van der Waals surface area contributed by atoms with Crippen LogP contribution in [0.3, 0.4) is 0 Å². The Bertz CT molecular complexity index is 434. The van der Waals surface area contributed by atoms with Crippen molar-refractivity contribution in [2.75, 3.05) is 12.8 Å². The molecule has 0 fully saturated rings. The normalized spacial score (nSPS) is 13.2. The average Bonchev–Trinajstić information content (AvgIpc) is 2.15. The van der Waals surface area contributed by atoms with Crippen molar-refractivity contribution in [2.45, 2.75) is 33.8 Å². The zero-order chi connectivity index (χ0) is 13.2. The van der Waals surface area contributed by atoms with Crippen LogP contribution in [0.15, 0.2) is 0 Å². The lowest BCUT2D eigenvalue weighted by Gasteiger charge is -2.28. The van der Waals surface area contributed by atoms with E-state index in [0.29, 0.717) is 17.1 Å². The number of aromatic nitrogens is 2. The fraction of sp³-hybridized carbons (Fsp3) is 0.583. The molecule has 1 aromatic heterocycles. The summed E-state index contributed by atoms with van der Waals surface area (Å²) in [5.74, 6) is 0.732. The predicted octanol–water partition coefficient (Wildman–Crippen LogP) is 1.97. The SMILES string of the molecule is COC(c1nc(C)c(C#N)c(N)n1)C(C)(C)C. The van der Waals surface area contributed by atoms with E-state index < -0.39 is 0 Å². The van der Waals surface area contributed by atoms with Crippen LogP contribution < -0.4 is 5.73 Å². The van der Waals surface area contributed by atoms with Crippen molar-refractivity contribution >= 4 is 5.82 Å². The van der Waals surface area contributed by atoms with Gasteiger partial charge in [0.05, 0.1) is 5.69 Å². The zero-order valence-electron chi connectivity index (χ0n) is 10.9. The van der Waals surface area contributed by atoms with Gasteiger partial charge < -0.3 is 10.5 Å². The Kier molecular flexibility index (Phi) is 3.69. The maximum atomic E-state index is 8.90. The second-order valence-corrected chi connectivity index (χ2v) is 5.02. The van der Waals surface area contributed by atoms with Crippen molar-refractivity contribution in [3.8, 4) is 6.07 Å². The van der Waals surface area contributed by atoms with Gasteiger partial charge in [-0.1, -0.05) is 20.8 Å². The van der Waals surface area contributed by atoms with Crippen LogP contribution in [0, 0.1) is 23.7 Å². The standard InChI is InChI=1S/C12H18N4O/c1-7-8(6-13)10(14)16-11(15-7)9(17-5)12(2,3)4/h9H,1-5H3,(H2,14,15,16). The molecular formula is C12H18N4O. The first-order chi connectivity index (χ1) is 7.81. The van der Waals surface area contributed by atoms with Crippen LogP contribution in [0.4, 0.5) is 5.82 Å². The second kappa shape index (κ2) is 4.68. The molecule has 1 unspecified atom stereocenters. The number of nitrogens with two attached hydrogens (primary N) is 1. The average molecular weight is 234 g/mol. The number of aryl methyl sites for hydroxylation is 1.